The molecule has 0 amide bonds. The van der Waals surface area contributed by atoms with Gasteiger partial charge in [0.2, 0.25) is 16.0 Å². The SMILES string of the molecule is CN(C)[C@H]1CCN(Cc2cccc3cnc(Nc4ccc(S(N)(=O)=O)cc4)nc23)C1. The molecule has 3 N–H and O–H groups in total. The van der Waals surface area contributed by atoms with Gasteiger partial charge in [0, 0.05) is 42.9 Å². The lowest BCUT2D eigenvalue weighted by Crippen LogP contribution is -2.31. The van der Waals surface area contributed by atoms with Gasteiger partial charge in [-0.3, -0.25) is 4.90 Å². The number of fused-ring (bicyclic) bond motifs is 1. The Labute approximate surface area is 176 Å². The predicted molar refractivity (Wildman–Crippen MR) is 118 cm³/mol. The normalized spacial score (nSPS) is 17.7. The third-order valence-electron chi connectivity index (χ3n) is 5.51. The Morgan fingerprint density at radius 3 is 2.63 bits per heavy atom. The van der Waals surface area contributed by atoms with Crippen molar-refractivity contribution in [3.05, 3.63) is 54.2 Å². The van der Waals surface area contributed by atoms with Crippen molar-refractivity contribution < 1.29 is 8.42 Å². The van der Waals surface area contributed by atoms with Crippen molar-refractivity contribution in [3.8, 4) is 0 Å². The zero-order valence-electron chi connectivity index (χ0n) is 17.1. The molecule has 4 rings (SSSR count). The summed E-state index contributed by atoms with van der Waals surface area (Å²) in [6.45, 7) is 2.98. The molecular formula is C21H26N6O2S. The first-order chi connectivity index (χ1) is 14.3. The van der Waals surface area contributed by atoms with E-state index in [0.29, 0.717) is 17.7 Å². The lowest BCUT2D eigenvalue weighted by Gasteiger charge is -2.20. The summed E-state index contributed by atoms with van der Waals surface area (Å²) in [6, 6.07) is 13.0. The van der Waals surface area contributed by atoms with Gasteiger partial charge in [-0.05, 0) is 50.3 Å². The van der Waals surface area contributed by atoms with E-state index in [1.54, 1.807) is 18.3 Å². The number of sulfonamides is 1. The van der Waals surface area contributed by atoms with E-state index in [0.717, 1.165) is 30.5 Å². The van der Waals surface area contributed by atoms with Crippen molar-refractivity contribution in [1.82, 2.24) is 19.8 Å². The average molecular weight is 427 g/mol. The van der Waals surface area contributed by atoms with Gasteiger partial charge < -0.3 is 10.2 Å². The Hall–Kier alpha value is -2.59. The molecule has 0 saturated carbocycles. The van der Waals surface area contributed by atoms with Crippen LogP contribution in [0.25, 0.3) is 10.9 Å². The Kier molecular flexibility index (Phi) is 5.70. The van der Waals surface area contributed by atoms with Crippen LogP contribution in [-0.2, 0) is 16.6 Å². The number of aromatic nitrogens is 2. The number of nitrogens with one attached hydrogen (secondary N) is 1. The number of primary sulfonamides is 1. The number of nitrogens with zero attached hydrogens (tertiary/aromatic N) is 4. The number of likely N-dealkylation sites (N-methyl/N-ethyl adjacent to an activating group) is 1. The molecule has 1 aliphatic rings. The molecule has 1 atom stereocenters. The third kappa shape index (κ3) is 4.59. The van der Waals surface area contributed by atoms with Gasteiger partial charge in [-0.1, -0.05) is 18.2 Å². The van der Waals surface area contributed by atoms with Gasteiger partial charge in [0.1, 0.15) is 0 Å². The first kappa shape index (κ1) is 20.7. The molecule has 2 aromatic carbocycles. The molecule has 158 valence electrons. The highest BCUT2D eigenvalue weighted by Gasteiger charge is 2.24. The molecular weight excluding hydrogens is 400 g/mol. The molecule has 1 aliphatic heterocycles. The van der Waals surface area contributed by atoms with Crippen molar-refractivity contribution in [3.63, 3.8) is 0 Å². The number of rotatable bonds is 6. The number of likely N-dealkylation sites (tertiary alicyclic amines) is 1. The van der Waals surface area contributed by atoms with Gasteiger partial charge in [-0.15, -0.1) is 0 Å². The maximum Gasteiger partial charge on any atom is 0.238 e. The summed E-state index contributed by atoms with van der Waals surface area (Å²) < 4.78 is 22.8. The first-order valence-corrected chi connectivity index (χ1v) is 11.4. The topological polar surface area (TPSA) is 104 Å². The number of nitrogens with two attached hydrogens (primary N) is 1. The maximum atomic E-state index is 11.4. The third-order valence-corrected chi connectivity index (χ3v) is 6.43. The molecule has 8 nitrogen and oxygen atoms in total. The van der Waals surface area contributed by atoms with Crippen LogP contribution >= 0.6 is 0 Å². The maximum absolute atomic E-state index is 11.4. The second kappa shape index (κ2) is 8.27. The second-order valence-electron chi connectivity index (χ2n) is 7.88. The molecule has 0 aliphatic carbocycles. The van der Waals surface area contributed by atoms with Crippen LogP contribution < -0.4 is 10.5 Å². The summed E-state index contributed by atoms with van der Waals surface area (Å²) in [5.41, 5.74) is 2.78. The molecule has 1 fully saturated rings. The Bertz CT molecular complexity index is 1150. The summed E-state index contributed by atoms with van der Waals surface area (Å²) in [6.07, 6.45) is 2.98. The number of hydrogen-bond acceptors (Lipinski definition) is 7. The van der Waals surface area contributed by atoms with Crippen LogP contribution in [0, 0.1) is 0 Å². The van der Waals surface area contributed by atoms with Gasteiger partial charge in [-0.2, -0.15) is 0 Å². The highest BCUT2D eigenvalue weighted by atomic mass is 32.2. The molecule has 1 aromatic heterocycles. The molecule has 9 heteroatoms. The van der Waals surface area contributed by atoms with E-state index < -0.39 is 10.0 Å². The summed E-state index contributed by atoms with van der Waals surface area (Å²) in [7, 11) is 0.549. The number of anilines is 2. The van der Waals surface area contributed by atoms with Crippen LogP contribution in [0.4, 0.5) is 11.6 Å². The van der Waals surface area contributed by atoms with E-state index in [9.17, 15) is 8.42 Å². The fourth-order valence-electron chi connectivity index (χ4n) is 3.78. The van der Waals surface area contributed by atoms with Gasteiger partial charge >= 0.3 is 0 Å². The summed E-state index contributed by atoms with van der Waals surface area (Å²) in [5.74, 6) is 0.464. The quantitative estimate of drug-likeness (QED) is 0.622. The van der Waals surface area contributed by atoms with E-state index in [4.69, 9.17) is 10.1 Å². The summed E-state index contributed by atoms with van der Waals surface area (Å²) in [4.78, 5) is 13.9. The number of hydrogen-bond donors (Lipinski definition) is 2. The highest BCUT2D eigenvalue weighted by molar-refractivity contribution is 7.89. The van der Waals surface area contributed by atoms with Gasteiger partial charge in [0.25, 0.3) is 0 Å². The lowest BCUT2D eigenvalue weighted by atomic mass is 10.1. The minimum Gasteiger partial charge on any atom is -0.324 e. The van der Waals surface area contributed by atoms with Gasteiger partial charge in [0.05, 0.1) is 10.4 Å². The van der Waals surface area contributed by atoms with Crippen LogP contribution in [0.15, 0.2) is 53.6 Å². The molecule has 0 radical (unpaired) electrons. The zero-order chi connectivity index (χ0) is 21.3. The van der Waals surface area contributed by atoms with Gasteiger partial charge in [-0.25, -0.2) is 23.5 Å². The summed E-state index contributed by atoms with van der Waals surface area (Å²) >= 11 is 0. The van der Waals surface area contributed by atoms with Gasteiger partial charge in [0.15, 0.2) is 0 Å². The molecule has 0 unspecified atom stereocenters. The second-order valence-corrected chi connectivity index (χ2v) is 9.45. The minimum absolute atomic E-state index is 0.0661. The molecule has 0 spiro atoms. The standard InChI is InChI=1S/C21H26N6O2S/c1-26(2)18-10-11-27(14-18)13-16-5-3-4-15-12-23-21(25-20(15)16)24-17-6-8-19(9-7-17)30(22,28)29/h3-9,12,18H,10-11,13-14H2,1-2H3,(H2,22,28,29)(H,23,24,25)/t18-/m0/s1. The smallest absolute Gasteiger partial charge is 0.238 e. The fraction of sp³-hybridized carbons (Fsp3) is 0.333. The average Bonchev–Trinajstić information content (AvgIpc) is 3.17. The minimum atomic E-state index is -3.71. The first-order valence-electron chi connectivity index (χ1n) is 9.83. The monoisotopic (exact) mass is 426 g/mol. The van der Waals surface area contributed by atoms with Crippen molar-refractivity contribution >= 4 is 32.6 Å². The highest BCUT2D eigenvalue weighted by Crippen LogP contribution is 2.23. The number of para-hydroxylation sites is 1. The molecule has 0 bridgehead atoms. The van der Waals surface area contributed by atoms with Crippen LogP contribution in [0.5, 0.6) is 0 Å². The van der Waals surface area contributed by atoms with Crippen molar-refractivity contribution in [2.75, 3.05) is 32.5 Å². The van der Waals surface area contributed by atoms with Crippen LogP contribution in [0.3, 0.4) is 0 Å². The Balaban J connectivity index is 1.55. The summed E-state index contributed by atoms with van der Waals surface area (Å²) in [5, 5.41) is 9.28. The van der Waals surface area contributed by atoms with Crippen molar-refractivity contribution in [2.24, 2.45) is 5.14 Å². The van der Waals surface area contributed by atoms with E-state index in [2.05, 4.69) is 40.3 Å². The van der Waals surface area contributed by atoms with E-state index in [1.165, 1.54) is 24.1 Å². The zero-order valence-corrected chi connectivity index (χ0v) is 17.9. The van der Waals surface area contributed by atoms with Crippen LogP contribution in [-0.4, -0.2) is 61.4 Å². The Morgan fingerprint density at radius 1 is 1.20 bits per heavy atom. The van der Waals surface area contributed by atoms with E-state index >= 15 is 0 Å². The van der Waals surface area contributed by atoms with Crippen molar-refractivity contribution in [2.45, 2.75) is 23.9 Å². The fourth-order valence-corrected chi connectivity index (χ4v) is 4.30. The Morgan fingerprint density at radius 2 is 1.97 bits per heavy atom. The lowest BCUT2D eigenvalue weighted by molar-refractivity contribution is 0.265. The van der Waals surface area contributed by atoms with Crippen molar-refractivity contribution in [1.29, 1.82) is 0 Å². The van der Waals surface area contributed by atoms with E-state index in [1.807, 2.05) is 12.1 Å². The molecule has 30 heavy (non-hydrogen) atoms. The van der Waals surface area contributed by atoms with Crippen LogP contribution in [0.1, 0.15) is 12.0 Å². The molecule has 2 heterocycles. The predicted octanol–water partition coefficient (Wildman–Crippen LogP) is 2.16. The van der Waals surface area contributed by atoms with E-state index in [-0.39, 0.29) is 4.90 Å². The van der Waals surface area contributed by atoms with Crippen LogP contribution in [0.2, 0.25) is 0 Å². The molecule has 3 aromatic rings. The number of benzene rings is 2. The largest absolute Gasteiger partial charge is 0.324 e. The molecule has 1 saturated heterocycles.